The summed E-state index contributed by atoms with van der Waals surface area (Å²) in [5.74, 6) is -5.05. The molecule has 0 aromatic carbocycles. The lowest BCUT2D eigenvalue weighted by Gasteiger charge is -2.25. The first-order chi connectivity index (χ1) is 20.9. The van der Waals surface area contributed by atoms with Gasteiger partial charge in [0.2, 0.25) is 17.7 Å². The van der Waals surface area contributed by atoms with Crippen LogP contribution in [0.1, 0.15) is 130 Å². The molecule has 11 nitrogen and oxygen atoms in total. The fraction of sp³-hybridized carbons (Fsp3) is 0.848. The van der Waals surface area contributed by atoms with E-state index < -0.39 is 72.5 Å². The highest BCUT2D eigenvalue weighted by molar-refractivity contribution is 5.95. The molecule has 44 heavy (non-hydrogen) atoms. The normalized spacial score (nSPS) is 15.4. The monoisotopic (exact) mass is 627 g/mol. The zero-order chi connectivity index (χ0) is 33.5. The van der Waals surface area contributed by atoms with Gasteiger partial charge in [0, 0.05) is 26.3 Å². The summed E-state index contributed by atoms with van der Waals surface area (Å²) >= 11 is 0. The molecule has 0 aliphatic heterocycles. The van der Waals surface area contributed by atoms with Gasteiger partial charge in [-0.2, -0.15) is 0 Å². The molecule has 6 atom stereocenters. The number of ketones is 2. The van der Waals surface area contributed by atoms with Crippen molar-refractivity contribution in [1.29, 1.82) is 0 Å². The number of aliphatic hydroxyl groups excluding tert-OH is 3. The first kappa shape index (κ1) is 41.6. The van der Waals surface area contributed by atoms with E-state index in [1.165, 1.54) is 85.6 Å². The third-order valence-electron chi connectivity index (χ3n) is 8.12. The maximum absolute atomic E-state index is 12.8. The quantitative estimate of drug-likeness (QED) is 0.0751. The standard InChI is InChI=1S/C33H61N3O8/c1-6-7-8-9-10-11-12-13-14-15-16-17-18-19-30(42)35-23(2)28(40)20-26(22-37)32(43)36-31(25(4)39)29(41)21-27(24(3)38)33(44)34-5/h23-27,31,37-39H,6-22H2,1-5H3,(H,34,44)(H,35,42)(H,36,43)/t23-,24+,25+,26-,27-,31-/m0/s1. The van der Waals surface area contributed by atoms with Crippen molar-refractivity contribution in [2.75, 3.05) is 13.7 Å². The van der Waals surface area contributed by atoms with Crippen molar-refractivity contribution >= 4 is 29.3 Å². The Kier molecular flexibility index (Phi) is 23.6. The van der Waals surface area contributed by atoms with Crippen LogP contribution in [-0.2, 0) is 24.0 Å². The minimum atomic E-state index is -1.41. The summed E-state index contributed by atoms with van der Waals surface area (Å²) < 4.78 is 0. The predicted octanol–water partition coefficient (Wildman–Crippen LogP) is 3.11. The Morgan fingerprint density at radius 3 is 1.57 bits per heavy atom. The lowest BCUT2D eigenvalue weighted by Crippen LogP contribution is -2.52. The summed E-state index contributed by atoms with van der Waals surface area (Å²) in [4.78, 5) is 62.7. The Bertz CT molecular complexity index is 849. The van der Waals surface area contributed by atoms with Crippen LogP contribution in [0.3, 0.4) is 0 Å². The van der Waals surface area contributed by atoms with Gasteiger partial charge in [0.15, 0.2) is 11.6 Å². The van der Waals surface area contributed by atoms with Crippen LogP contribution in [0, 0.1) is 11.8 Å². The highest BCUT2D eigenvalue weighted by Crippen LogP contribution is 2.15. The number of aliphatic hydroxyl groups is 3. The Labute approximate surface area is 264 Å². The number of nitrogens with one attached hydrogen (secondary N) is 3. The highest BCUT2D eigenvalue weighted by atomic mass is 16.3. The molecule has 0 aliphatic carbocycles. The van der Waals surface area contributed by atoms with Crippen LogP contribution in [0.4, 0.5) is 0 Å². The minimum Gasteiger partial charge on any atom is -0.396 e. The molecule has 0 bridgehead atoms. The lowest BCUT2D eigenvalue weighted by molar-refractivity contribution is -0.138. The maximum atomic E-state index is 12.8. The molecule has 0 aliphatic rings. The number of rotatable bonds is 27. The van der Waals surface area contributed by atoms with E-state index in [9.17, 15) is 39.3 Å². The van der Waals surface area contributed by atoms with Crippen LogP contribution in [0.2, 0.25) is 0 Å². The summed E-state index contributed by atoms with van der Waals surface area (Å²) in [6, 6.07) is -2.27. The lowest BCUT2D eigenvalue weighted by atomic mass is 9.91. The maximum Gasteiger partial charge on any atom is 0.226 e. The smallest absolute Gasteiger partial charge is 0.226 e. The first-order valence-electron chi connectivity index (χ1n) is 16.7. The summed E-state index contributed by atoms with van der Waals surface area (Å²) in [6.07, 6.45) is 12.7. The van der Waals surface area contributed by atoms with Crippen molar-refractivity contribution in [1.82, 2.24) is 16.0 Å². The number of amides is 3. The van der Waals surface area contributed by atoms with Gasteiger partial charge in [-0.05, 0) is 27.2 Å². The summed E-state index contributed by atoms with van der Waals surface area (Å²) in [5, 5.41) is 37.2. The summed E-state index contributed by atoms with van der Waals surface area (Å²) in [7, 11) is 1.36. The largest absolute Gasteiger partial charge is 0.396 e. The second-order valence-corrected chi connectivity index (χ2v) is 12.2. The van der Waals surface area contributed by atoms with E-state index >= 15 is 0 Å². The van der Waals surface area contributed by atoms with Gasteiger partial charge >= 0.3 is 0 Å². The van der Waals surface area contributed by atoms with Crippen LogP contribution in [0.15, 0.2) is 0 Å². The van der Waals surface area contributed by atoms with E-state index in [1.54, 1.807) is 0 Å². The van der Waals surface area contributed by atoms with E-state index in [1.807, 2.05) is 0 Å². The second kappa shape index (κ2) is 24.9. The SMILES string of the molecule is CCCCCCCCCCCCCCCC(=O)N[C@@H](C)C(=O)C[C@@H](CO)C(=O)N[C@H](C(=O)C[C@H](C(=O)NC)[C@@H](C)O)[C@@H](C)O. The minimum absolute atomic E-state index is 0.248. The Balaban J connectivity index is 4.52. The van der Waals surface area contributed by atoms with E-state index in [2.05, 4.69) is 22.9 Å². The molecule has 0 aromatic rings. The first-order valence-corrected chi connectivity index (χ1v) is 16.7. The molecule has 11 heteroatoms. The fourth-order valence-corrected chi connectivity index (χ4v) is 5.11. The van der Waals surface area contributed by atoms with Crippen LogP contribution in [0.5, 0.6) is 0 Å². The molecule has 0 saturated carbocycles. The zero-order valence-corrected chi connectivity index (χ0v) is 27.9. The fourth-order valence-electron chi connectivity index (χ4n) is 5.11. The Morgan fingerprint density at radius 1 is 0.636 bits per heavy atom. The average Bonchev–Trinajstić information content (AvgIpc) is 2.98. The Morgan fingerprint density at radius 2 is 1.14 bits per heavy atom. The molecule has 6 N–H and O–H groups in total. The van der Waals surface area contributed by atoms with Crippen molar-refractivity contribution in [2.24, 2.45) is 11.8 Å². The Hall–Kier alpha value is -2.37. The second-order valence-electron chi connectivity index (χ2n) is 12.2. The molecule has 0 fully saturated rings. The van der Waals surface area contributed by atoms with Crippen LogP contribution in [0.25, 0.3) is 0 Å². The van der Waals surface area contributed by atoms with E-state index in [4.69, 9.17) is 0 Å². The van der Waals surface area contributed by atoms with Gasteiger partial charge in [0.25, 0.3) is 0 Å². The van der Waals surface area contributed by atoms with Gasteiger partial charge in [-0.1, -0.05) is 84.0 Å². The molecular weight excluding hydrogens is 566 g/mol. The number of hydrogen-bond acceptors (Lipinski definition) is 8. The highest BCUT2D eigenvalue weighted by Gasteiger charge is 2.34. The van der Waals surface area contributed by atoms with Crippen molar-refractivity contribution < 1.29 is 39.3 Å². The van der Waals surface area contributed by atoms with Crippen LogP contribution < -0.4 is 16.0 Å². The number of hydrogen-bond donors (Lipinski definition) is 6. The van der Waals surface area contributed by atoms with Gasteiger partial charge in [-0.15, -0.1) is 0 Å². The molecule has 256 valence electrons. The molecule has 0 spiro atoms. The topological polar surface area (TPSA) is 182 Å². The summed E-state index contributed by atoms with van der Waals surface area (Å²) in [5.41, 5.74) is 0. The van der Waals surface area contributed by atoms with Gasteiger partial charge < -0.3 is 31.3 Å². The molecule has 3 amide bonds. The van der Waals surface area contributed by atoms with Crippen molar-refractivity contribution in [2.45, 2.75) is 155 Å². The summed E-state index contributed by atoms with van der Waals surface area (Å²) in [6.45, 7) is 5.71. The number of carbonyl (C=O) groups excluding carboxylic acids is 5. The van der Waals surface area contributed by atoms with Crippen LogP contribution >= 0.6 is 0 Å². The molecule has 0 saturated heterocycles. The van der Waals surface area contributed by atoms with E-state index in [0.29, 0.717) is 6.42 Å². The molecule has 0 unspecified atom stereocenters. The third kappa shape index (κ3) is 18.4. The predicted molar refractivity (Wildman–Crippen MR) is 171 cm³/mol. The molecule has 0 heterocycles. The van der Waals surface area contributed by atoms with E-state index in [-0.39, 0.29) is 12.3 Å². The third-order valence-corrected chi connectivity index (χ3v) is 8.12. The van der Waals surface area contributed by atoms with Crippen molar-refractivity contribution in [3.63, 3.8) is 0 Å². The van der Waals surface area contributed by atoms with Gasteiger partial charge in [-0.3, -0.25) is 24.0 Å². The molecule has 0 radical (unpaired) electrons. The van der Waals surface area contributed by atoms with E-state index in [0.717, 1.165) is 25.7 Å². The van der Waals surface area contributed by atoms with Crippen LogP contribution in [-0.4, -0.2) is 82.6 Å². The number of Topliss-reactive ketones (excluding diaryl/α,β-unsaturated/α-hetero) is 2. The van der Waals surface area contributed by atoms with Gasteiger partial charge in [-0.25, -0.2) is 0 Å². The molecule has 0 aromatic heterocycles. The van der Waals surface area contributed by atoms with Crippen molar-refractivity contribution in [3.05, 3.63) is 0 Å². The van der Waals surface area contributed by atoms with Gasteiger partial charge in [0.1, 0.15) is 6.04 Å². The van der Waals surface area contributed by atoms with Crippen molar-refractivity contribution in [3.8, 4) is 0 Å². The zero-order valence-electron chi connectivity index (χ0n) is 27.9. The molecule has 0 rings (SSSR count). The molecular formula is C33H61N3O8. The number of carbonyl (C=O) groups is 5. The number of unbranched alkanes of at least 4 members (excludes halogenated alkanes) is 12. The van der Waals surface area contributed by atoms with Gasteiger partial charge in [0.05, 0.1) is 36.7 Å². The average molecular weight is 628 g/mol.